The van der Waals surface area contributed by atoms with Crippen molar-refractivity contribution < 1.29 is 127 Å². The maximum absolute atomic E-state index is 14.1. The van der Waals surface area contributed by atoms with Gasteiger partial charge in [0.1, 0.15) is 72.4 Å². The molecule has 532 valence electrons. The smallest absolute Gasteiger partial charge is 0.407 e. The van der Waals surface area contributed by atoms with Crippen LogP contribution in [0.25, 0.3) is 0 Å². The van der Waals surface area contributed by atoms with Gasteiger partial charge in [-0.2, -0.15) is 0 Å². The first kappa shape index (κ1) is 76.8. The molecule has 8 amide bonds. The first-order chi connectivity index (χ1) is 46.2. The summed E-state index contributed by atoms with van der Waals surface area (Å²) in [4.78, 5) is 182. The number of ketones is 3. The van der Waals surface area contributed by atoms with Crippen molar-refractivity contribution in [1.29, 1.82) is 0 Å². The number of aliphatic carboxylic acids is 3. The Morgan fingerprint density at radius 2 is 1.36 bits per heavy atom. The minimum atomic E-state index is -2.47. The van der Waals surface area contributed by atoms with Crippen LogP contribution in [-0.4, -0.2) is 211 Å². The molecule has 3 aliphatic rings. The molecule has 35 nitrogen and oxygen atoms in total. The maximum Gasteiger partial charge on any atom is 0.407 e. The molecule has 0 spiro atoms. The van der Waals surface area contributed by atoms with Crippen LogP contribution in [0.15, 0.2) is 42.5 Å². The number of aliphatic hydroxyl groups excluding tert-OH is 2. The highest BCUT2D eigenvalue weighted by atomic mass is 16.7. The zero-order chi connectivity index (χ0) is 72.6. The summed E-state index contributed by atoms with van der Waals surface area (Å²) in [5, 5.41) is 104. The minimum absolute atomic E-state index is 0.0149. The van der Waals surface area contributed by atoms with Gasteiger partial charge in [0.15, 0.2) is 17.9 Å². The van der Waals surface area contributed by atoms with E-state index in [-0.39, 0.29) is 46.5 Å². The summed E-state index contributed by atoms with van der Waals surface area (Å²) in [6.45, 7) is 3.34. The van der Waals surface area contributed by atoms with Crippen LogP contribution in [0.2, 0.25) is 0 Å². The zero-order valence-electron chi connectivity index (χ0n) is 53.8. The number of carboxylic acids is 3. The summed E-state index contributed by atoms with van der Waals surface area (Å²) in [6.07, 6.45) is -10.9. The van der Waals surface area contributed by atoms with E-state index in [1.165, 1.54) is 77.3 Å². The molecule has 3 aromatic rings. The number of ether oxygens (including phenoxy) is 4. The Morgan fingerprint density at radius 1 is 0.735 bits per heavy atom. The number of nitrogens with one attached hydrogen (secondary N) is 8. The summed E-state index contributed by atoms with van der Waals surface area (Å²) < 4.78 is 22.9. The van der Waals surface area contributed by atoms with E-state index < -0.39 is 236 Å². The monoisotopic (exact) mass is 1380 g/mol. The van der Waals surface area contributed by atoms with Crippen LogP contribution in [0, 0.1) is 5.92 Å². The second-order valence-corrected chi connectivity index (χ2v) is 23.9. The number of methoxy groups -OCH3 is 1. The van der Waals surface area contributed by atoms with E-state index >= 15 is 0 Å². The quantitative estimate of drug-likeness (QED) is 0.0182. The van der Waals surface area contributed by atoms with Gasteiger partial charge in [0.2, 0.25) is 47.1 Å². The number of carboxylic acid groups (broad SMARTS) is 3. The minimum Gasteiger partial charge on any atom is -0.507 e. The van der Waals surface area contributed by atoms with Gasteiger partial charge in [-0.1, -0.05) is 38.1 Å². The zero-order valence-corrected chi connectivity index (χ0v) is 53.8. The molecule has 18 N–H and O–H groups in total. The number of fused-ring (bicyclic) bond motifs is 3. The Balaban J connectivity index is 1.07. The summed E-state index contributed by atoms with van der Waals surface area (Å²) in [7, 11) is 1.25. The Kier molecular flexibility index (Phi) is 26.8. The van der Waals surface area contributed by atoms with Gasteiger partial charge < -0.3 is 108 Å². The number of phenols is 2. The average molecular weight is 1380 g/mol. The van der Waals surface area contributed by atoms with Crippen LogP contribution in [0.1, 0.15) is 140 Å². The van der Waals surface area contributed by atoms with Crippen LogP contribution in [0.4, 0.5) is 10.5 Å². The maximum atomic E-state index is 14.1. The molecule has 0 bridgehead atoms. The number of unbranched alkanes of at least 4 members (excludes halogenated alkanes) is 1. The molecule has 11 atom stereocenters. The second-order valence-electron chi connectivity index (χ2n) is 23.9. The van der Waals surface area contributed by atoms with E-state index in [0.717, 1.165) is 0 Å². The number of anilines is 1. The number of carbonyl (C=O) groups excluding carboxylic acids is 11. The predicted octanol–water partition coefficient (Wildman–Crippen LogP) is -1.93. The molecule has 1 saturated heterocycles. The SMILES string of the molecule is COc1cccc2c1C(=O)c1c(O)c3c(c(O)c1C2=O)C[C@@](O)(C(=O)CO)C[C@@H]3O[C@H]1C[C@H](NC(=O)OCc2ccc(NC(=O)[C@H](CC(=O)O)NC(=O)[C@@H](NC(=O)[C@H](CCC(=O)O)NC(=O)[C@H](CC(=O)O)NC(=O)CNC(=O)[C@H](CCCCN)NC(C)=O)C(C)C)cc2)[C@H](O)[C@H](C)O1. The number of aliphatic hydroxyl groups is 3. The topological polar surface area (TPSA) is 560 Å². The van der Waals surface area contributed by atoms with Gasteiger partial charge >= 0.3 is 24.0 Å². The van der Waals surface area contributed by atoms with E-state index in [0.29, 0.717) is 24.9 Å². The number of rotatable bonds is 33. The van der Waals surface area contributed by atoms with Crippen molar-refractivity contribution in [3.63, 3.8) is 0 Å². The first-order valence-electron chi connectivity index (χ1n) is 30.9. The van der Waals surface area contributed by atoms with Gasteiger partial charge in [-0.3, -0.25) is 62.3 Å². The number of amides is 8. The van der Waals surface area contributed by atoms with E-state index in [2.05, 4.69) is 42.5 Å². The fraction of sp³-hybridized carbons (Fsp3) is 0.492. The summed E-state index contributed by atoms with van der Waals surface area (Å²) in [5.74, 6) is -17.2. The molecular formula is C63H79N9O26. The van der Waals surface area contributed by atoms with E-state index in [1.54, 1.807) is 0 Å². The van der Waals surface area contributed by atoms with E-state index in [1.807, 2.05) is 0 Å². The second kappa shape index (κ2) is 34.1. The highest BCUT2D eigenvalue weighted by molar-refractivity contribution is 6.31. The average Bonchev–Trinajstić information content (AvgIpc) is 0.700. The predicted molar refractivity (Wildman–Crippen MR) is 333 cm³/mol. The highest BCUT2D eigenvalue weighted by Crippen LogP contribution is 2.52. The molecule has 3 aromatic carbocycles. The molecule has 2 aliphatic carbocycles. The number of Topliss-reactive ketones (excluding diaryl/α,β-unsaturated/α-hetero) is 1. The molecular weight excluding hydrogens is 1300 g/mol. The van der Waals surface area contributed by atoms with Gasteiger partial charge in [-0.15, -0.1) is 0 Å². The van der Waals surface area contributed by atoms with Crippen molar-refractivity contribution in [2.45, 2.75) is 165 Å². The fourth-order valence-electron chi connectivity index (χ4n) is 11.3. The lowest BCUT2D eigenvalue weighted by Gasteiger charge is -2.42. The molecule has 1 aliphatic heterocycles. The summed E-state index contributed by atoms with van der Waals surface area (Å²) in [6, 6.07) is 0.0936. The molecule has 98 heavy (non-hydrogen) atoms. The lowest BCUT2D eigenvalue weighted by Crippen LogP contribution is -2.59. The highest BCUT2D eigenvalue weighted by Gasteiger charge is 2.51. The number of benzene rings is 3. The Morgan fingerprint density at radius 3 is 1.96 bits per heavy atom. The van der Waals surface area contributed by atoms with Crippen molar-refractivity contribution >= 4 is 88.4 Å². The van der Waals surface area contributed by atoms with Crippen molar-refractivity contribution in [2.24, 2.45) is 11.7 Å². The Hall–Kier alpha value is -10.2. The normalized spacial score (nSPS) is 20.0. The number of hydrogen-bond acceptors (Lipinski definition) is 24. The van der Waals surface area contributed by atoms with Crippen LogP contribution in [0.5, 0.6) is 17.2 Å². The third kappa shape index (κ3) is 19.5. The largest absolute Gasteiger partial charge is 0.507 e. The van der Waals surface area contributed by atoms with Gasteiger partial charge in [0.05, 0.1) is 61.4 Å². The van der Waals surface area contributed by atoms with Crippen molar-refractivity contribution in [3.05, 3.63) is 81.4 Å². The molecule has 0 unspecified atom stereocenters. The van der Waals surface area contributed by atoms with Crippen molar-refractivity contribution in [3.8, 4) is 17.2 Å². The van der Waals surface area contributed by atoms with Crippen LogP contribution >= 0.6 is 0 Å². The molecule has 1 fully saturated rings. The third-order valence-corrected chi connectivity index (χ3v) is 16.3. The number of nitrogens with two attached hydrogens (primary N) is 1. The van der Waals surface area contributed by atoms with Gasteiger partial charge in [-0.05, 0) is 68.8 Å². The summed E-state index contributed by atoms with van der Waals surface area (Å²) >= 11 is 0. The third-order valence-electron chi connectivity index (χ3n) is 16.3. The molecule has 1 heterocycles. The van der Waals surface area contributed by atoms with Crippen LogP contribution in [-0.2, 0) is 80.0 Å². The Bertz CT molecular complexity index is 3580. The first-order valence-corrected chi connectivity index (χ1v) is 30.9. The van der Waals surface area contributed by atoms with Crippen LogP contribution in [0.3, 0.4) is 0 Å². The van der Waals surface area contributed by atoms with E-state index in [9.17, 15) is 108 Å². The standard InChI is InChI=1S/C63H79N9O26/c1-27(2)51(72-58(89)35(16-17-43(77)78)69-60(91)37(19-44(79)80)68-42(76)24-65-57(88)34(66-29(4)74)10-6-7-18-64)61(92)70-38(20-45(81)82)59(90)67-31-14-12-30(13-15-31)26-96-62(93)71-36-21-46(97-28(3)52(36)83)98-40-23-63(94,41(75)25-73)22-33-48(40)56(87)50-49(54(33)85)53(84)32-9-8-11-39(95-5)47(32)55(50)86/h8-9,11-15,27-28,34-38,40,46,51-52,73,83,85,87,94H,6-7,10,16-26,64H2,1-5H3,(H,65,88)(H,66,74)(H,67,90)(H,68,76)(H,69,91)(H,70,92)(H,71,93)(H,72,89)(H,77,78)(H,79,80)(H,81,82)/t28-,34-,35-,36-,37-,38-,40-,46-,51-,52+,63-/m0/s1. The van der Waals surface area contributed by atoms with Gasteiger partial charge in [0.25, 0.3) is 0 Å². The number of alkyl carbamates (subject to hydrolysis) is 1. The van der Waals surface area contributed by atoms with Crippen molar-refractivity contribution in [2.75, 3.05) is 32.1 Å². The molecule has 0 radical (unpaired) electrons. The number of phenolic OH excluding ortho intramolecular Hbond substituents is 2. The number of aromatic hydroxyl groups is 2. The fourth-order valence-corrected chi connectivity index (χ4v) is 11.3. The van der Waals surface area contributed by atoms with Crippen molar-refractivity contribution in [1.82, 2.24) is 37.2 Å². The molecule has 0 aromatic heterocycles. The number of carbonyl (C=O) groups is 14. The molecule has 0 saturated carbocycles. The summed E-state index contributed by atoms with van der Waals surface area (Å²) in [5.41, 5.74) is 1.11. The van der Waals surface area contributed by atoms with Gasteiger partial charge in [0, 0.05) is 55.0 Å². The molecule has 35 heteroatoms. The number of hydrogen-bond donors (Lipinski definition) is 17. The Labute approximate surface area is 558 Å². The van der Waals surface area contributed by atoms with E-state index in [4.69, 9.17) is 24.7 Å². The lowest BCUT2D eigenvalue weighted by atomic mass is 9.72. The lowest BCUT2D eigenvalue weighted by molar-refractivity contribution is -0.249. The van der Waals surface area contributed by atoms with Gasteiger partial charge in [-0.25, -0.2) is 4.79 Å². The van der Waals surface area contributed by atoms with Crippen LogP contribution < -0.4 is 53.0 Å². The molecule has 6 rings (SSSR count).